The second kappa shape index (κ2) is 8.00. The van der Waals surface area contributed by atoms with Crippen LogP contribution >= 0.6 is 0 Å². The van der Waals surface area contributed by atoms with E-state index in [1.54, 1.807) is 14.2 Å². The molecule has 4 heteroatoms. The molecule has 0 fully saturated rings. The Kier molecular flexibility index (Phi) is 7.00. The largest absolute Gasteiger partial charge is 0.383 e. The van der Waals surface area contributed by atoms with Gasteiger partial charge in [-0.15, -0.1) is 0 Å². The van der Waals surface area contributed by atoms with Crippen LogP contribution in [0.25, 0.3) is 0 Å². The molecular formula is C15H30N2O2. The normalized spacial score (nSPS) is 19.3. The first-order chi connectivity index (χ1) is 8.96. The number of ether oxygens (including phenoxy) is 2. The van der Waals surface area contributed by atoms with E-state index in [0.717, 1.165) is 39.3 Å². The van der Waals surface area contributed by atoms with Crippen LogP contribution in [0.3, 0.4) is 0 Å². The summed E-state index contributed by atoms with van der Waals surface area (Å²) in [6.45, 7) is 11.2. The molecule has 1 heterocycles. The van der Waals surface area contributed by atoms with Crippen LogP contribution in [0, 0.1) is 0 Å². The van der Waals surface area contributed by atoms with Gasteiger partial charge in [-0.25, -0.2) is 0 Å². The number of nitrogens with zero attached hydrogens (tertiary/aromatic N) is 1. The monoisotopic (exact) mass is 270 g/mol. The van der Waals surface area contributed by atoms with Crippen LogP contribution in [-0.2, 0) is 9.47 Å². The molecule has 112 valence electrons. The first-order valence-electron chi connectivity index (χ1n) is 7.11. The summed E-state index contributed by atoms with van der Waals surface area (Å²) in [5, 5.41) is 3.57. The lowest BCUT2D eigenvalue weighted by atomic mass is 10.1. The Labute approximate surface area is 118 Å². The van der Waals surface area contributed by atoms with Crippen molar-refractivity contribution >= 4 is 0 Å². The zero-order valence-corrected chi connectivity index (χ0v) is 13.2. The van der Waals surface area contributed by atoms with E-state index < -0.39 is 0 Å². The number of hydrogen-bond donors (Lipinski definition) is 1. The maximum absolute atomic E-state index is 5.37. The Morgan fingerprint density at radius 1 is 1.32 bits per heavy atom. The molecule has 0 saturated heterocycles. The second-order valence-electron chi connectivity index (χ2n) is 6.28. The molecule has 1 aliphatic heterocycles. The molecule has 19 heavy (non-hydrogen) atoms. The van der Waals surface area contributed by atoms with Crippen LogP contribution in [0.15, 0.2) is 11.6 Å². The highest BCUT2D eigenvalue weighted by atomic mass is 16.5. The first-order valence-corrected chi connectivity index (χ1v) is 7.11. The fraction of sp³-hybridized carbons (Fsp3) is 0.867. The average Bonchev–Trinajstić information content (AvgIpc) is 2.35. The van der Waals surface area contributed by atoms with Crippen LogP contribution in [0.2, 0.25) is 0 Å². The molecule has 1 N–H and O–H groups in total. The number of rotatable bonds is 7. The molecule has 0 bridgehead atoms. The molecule has 0 aromatic carbocycles. The highest BCUT2D eigenvalue weighted by molar-refractivity contribution is 5.08. The molecule has 1 atom stereocenters. The van der Waals surface area contributed by atoms with Crippen molar-refractivity contribution in [2.24, 2.45) is 0 Å². The molecule has 0 aromatic rings. The lowest BCUT2D eigenvalue weighted by Gasteiger charge is -2.35. The third-order valence-electron chi connectivity index (χ3n) is 3.41. The SMILES string of the molecule is COCC1=CCN(C(CNC(C)(C)C)COC)CC1. The van der Waals surface area contributed by atoms with Gasteiger partial charge in [0.2, 0.25) is 0 Å². The van der Waals surface area contributed by atoms with Crippen molar-refractivity contribution in [2.45, 2.75) is 38.8 Å². The van der Waals surface area contributed by atoms with Gasteiger partial charge in [0.1, 0.15) is 0 Å². The van der Waals surface area contributed by atoms with Gasteiger partial charge in [0.15, 0.2) is 0 Å². The minimum Gasteiger partial charge on any atom is -0.383 e. The highest BCUT2D eigenvalue weighted by Gasteiger charge is 2.22. The molecule has 4 nitrogen and oxygen atoms in total. The molecule has 0 aliphatic carbocycles. The predicted octanol–water partition coefficient (Wildman–Crippen LogP) is 1.67. The van der Waals surface area contributed by atoms with Crippen LogP contribution < -0.4 is 5.32 Å². The third kappa shape index (κ3) is 6.52. The fourth-order valence-corrected chi connectivity index (χ4v) is 2.28. The van der Waals surface area contributed by atoms with E-state index >= 15 is 0 Å². The van der Waals surface area contributed by atoms with Crippen molar-refractivity contribution in [2.75, 3.05) is 47.1 Å². The van der Waals surface area contributed by atoms with Crippen LogP contribution in [0.1, 0.15) is 27.2 Å². The lowest BCUT2D eigenvalue weighted by molar-refractivity contribution is 0.0885. The van der Waals surface area contributed by atoms with Crippen molar-refractivity contribution < 1.29 is 9.47 Å². The summed E-state index contributed by atoms with van der Waals surface area (Å²) < 4.78 is 10.6. The van der Waals surface area contributed by atoms with E-state index in [4.69, 9.17) is 9.47 Å². The van der Waals surface area contributed by atoms with Crippen molar-refractivity contribution in [3.8, 4) is 0 Å². The molecule has 0 amide bonds. The van der Waals surface area contributed by atoms with Gasteiger partial charge in [-0.2, -0.15) is 0 Å². The zero-order valence-electron chi connectivity index (χ0n) is 13.2. The zero-order chi connectivity index (χ0) is 14.3. The van der Waals surface area contributed by atoms with E-state index in [2.05, 4.69) is 37.1 Å². The van der Waals surface area contributed by atoms with Gasteiger partial charge in [-0.05, 0) is 32.8 Å². The summed E-state index contributed by atoms with van der Waals surface area (Å²) in [7, 11) is 3.54. The quantitative estimate of drug-likeness (QED) is 0.714. The van der Waals surface area contributed by atoms with E-state index in [0.29, 0.717) is 6.04 Å². The fourth-order valence-electron chi connectivity index (χ4n) is 2.28. The predicted molar refractivity (Wildman–Crippen MR) is 79.6 cm³/mol. The van der Waals surface area contributed by atoms with E-state index in [9.17, 15) is 0 Å². The smallest absolute Gasteiger partial charge is 0.0673 e. The minimum atomic E-state index is 0.152. The molecule has 0 spiro atoms. The summed E-state index contributed by atoms with van der Waals surface area (Å²) in [5.41, 5.74) is 1.57. The summed E-state index contributed by atoms with van der Waals surface area (Å²) in [6.07, 6.45) is 3.40. The Balaban J connectivity index is 2.48. The van der Waals surface area contributed by atoms with E-state index in [1.807, 2.05) is 0 Å². The Bertz CT molecular complexity index is 284. The maximum atomic E-state index is 5.37. The Morgan fingerprint density at radius 2 is 2.05 bits per heavy atom. The lowest BCUT2D eigenvalue weighted by Crippen LogP contribution is -2.50. The van der Waals surface area contributed by atoms with Crippen LogP contribution in [0.5, 0.6) is 0 Å². The third-order valence-corrected chi connectivity index (χ3v) is 3.41. The maximum Gasteiger partial charge on any atom is 0.0673 e. The second-order valence-corrected chi connectivity index (χ2v) is 6.28. The van der Waals surface area contributed by atoms with Gasteiger partial charge < -0.3 is 14.8 Å². The van der Waals surface area contributed by atoms with Gasteiger partial charge >= 0.3 is 0 Å². The van der Waals surface area contributed by atoms with Crippen molar-refractivity contribution in [3.05, 3.63) is 11.6 Å². The van der Waals surface area contributed by atoms with Gasteiger partial charge in [0.25, 0.3) is 0 Å². The van der Waals surface area contributed by atoms with Gasteiger partial charge in [-0.1, -0.05) is 6.08 Å². The van der Waals surface area contributed by atoms with Crippen LogP contribution in [0.4, 0.5) is 0 Å². The average molecular weight is 270 g/mol. The number of methoxy groups -OCH3 is 2. The summed E-state index contributed by atoms with van der Waals surface area (Å²) >= 11 is 0. The molecule has 0 aromatic heterocycles. The van der Waals surface area contributed by atoms with Crippen molar-refractivity contribution in [1.82, 2.24) is 10.2 Å². The van der Waals surface area contributed by atoms with Crippen LogP contribution in [-0.4, -0.2) is 63.5 Å². The molecular weight excluding hydrogens is 240 g/mol. The highest BCUT2D eigenvalue weighted by Crippen LogP contribution is 2.14. The summed E-state index contributed by atoms with van der Waals surface area (Å²) in [4.78, 5) is 2.49. The standard InChI is InChI=1S/C15H30N2O2/c1-15(2,3)16-10-14(12-19-5)17-8-6-13(7-9-17)11-18-4/h6,14,16H,7-12H2,1-5H3. The minimum absolute atomic E-state index is 0.152. The van der Waals surface area contributed by atoms with E-state index in [1.165, 1.54) is 5.57 Å². The molecule has 1 rings (SSSR count). The first kappa shape index (κ1) is 16.6. The molecule has 0 radical (unpaired) electrons. The number of nitrogens with one attached hydrogen (secondary N) is 1. The van der Waals surface area contributed by atoms with Crippen molar-refractivity contribution in [3.63, 3.8) is 0 Å². The van der Waals surface area contributed by atoms with Gasteiger partial charge in [0.05, 0.1) is 13.2 Å². The van der Waals surface area contributed by atoms with Crippen molar-refractivity contribution in [1.29, 1.82) is 0 Å². The van der Waals surface area contributed by atoms with Gasteiger partial charge in [-0.3, -0.25) is 4.90 Å². The van der Waals surface area contributed by atoms with E-state index in [-0.39, 0.29) is 5.54 Å². The molecule has 0 saturated carbocycles. The Morgan fingerprint density at radius 3 is 2.53 bits per heavy atom. The Hall–Kier alpha value is -0.420. The summed E-state index contributed by atoms with van der Waals surface area (Å²) in [5.74, 6) is 0. The summed E-state index contributed by atoms with van der Waals surface area (Å²) in [6, 6.07) is 0.435. The topological polar surface area (TPSA) is 33.7 Å². The van der Waals surface area contributed by atoms with Gasteiger partial charge in [0, 0.05) is 45.4 Å². The number of hydrogen-bond acceptors (Lipinski definition) is 4. The molecule has 1 unspecified atom stereocenters. The molecule has 1 aliphatic rings.